The van der Waals surface area contributed by atoms with Crippen molar-refractivity contribution in [3.63, 3.8) is 0 Å². The van der Waals surface area contributed by atoms with E-state index in [1.807, 2.05) is 60.9 Å². The van der Waals surface area contributed by atoms with E-state index in [4.69, 9.17) is 9.47 Å². The first kappa shape index (κ1) is 19.8. The van der Waals surface area contributed by atoms with E-state index in [2.05, 4.69) is 9.98 Å². The Hall–Kier alpha value is -2.55. The molecule has 2 aromatic carbocycles. The minimum Gasteiger partial charge on any atom is -0.492 e. The molecular weight excluding hydrogens is 406 g/mol. The molecule has 0 aliphatic carbocycles. The Labute approximate surface area is 176 Å². The van der Waals surface area contributed by atoms with Crippen molar-refractivity contribution in [1.82, 2.24) is 9.55 Å². The molecule has 2 heterocycles. The molecule has 6 nitrogen and oxygen atoms in total. The number of fused-ring (bicyclic) bond motifs is 2. The standard InChI is InChI=1S/C21H21N3O3S2/c1-3-26-13-12-24-18-15(27-4-2)9-7-11-17(18)29-21(24)23-19(25)20-22-14-8-5-6-10-16(14)28-20/h5-11H,3-4,12-13H2,1-2H3. The van der Waals surface area contributed by atoms with E-state index in [-0.39, 0.29) is 5.91 Å². The quantitative estimate of drug-likeness (QED) is 0.408. The predicted molar refractivity (Wildman–Crippen MR) is 117 cm³/mol. The van der Waals surface area contributed by atoms with E-state index >= 15 is 0 Å². The van der Waals surface area contributed by atoms with Crippen molar-refractivity contribution in [3.05, 3.63) is 52.3 Å². The second kappa shape index (κ2) is 8.86. The molecule has 1 amide bonds. The average Bonchev–Trinajstić information content (AvgIpc) is 3.31. The van der Waals surface area contributed by atoms with Gasteiger partial charge in [-0.1, -0.05) is 29.5 Å². The molecule has 150 valence electrons. The van der Waals surface area contributed by atoms with Gasteiger partial charge in [-0.3, -0.25) is 4.79 Å². The van der Waals surface area contributed by atoms with Gasteiger partial charge in [0.2, 0.25) is 0 Å². The first-order valence-electron chi connectivity index (χ1n) is 9.48. The fraction of sp³-hybridized carbons (Fsp3) is 0.286. The molecule has 0 saturated heterocycles. The minimum atomic E-state index is -0.333. The van der Waals surface area contributed by atoms with Crippen molar-refractivity contribution in [2.24, 2.45) is 4.99 Å². The van der Waals surface area contributed by atoms with E-state index in [0.29, 0.717) is 36.2 Å². The van der Waals surface area contributed by atoms with Crippen LogP contribution in [0.15, 0.2) is 47.5 Å². The lowest BCUT2D eigenvalue weighted by Crippen LogP contribution is -2.20. The number of aromatic nitrogens is 2. The zero-order chi connectivity index (χ0) is 20.2. The van der Waals surface area contributed by atoms with Crippen LogP contribution in [0.25, 0.3) is 20.4 Å². The van der Waals surface area contributed by atoms with Crippen LogP contribution in [0.2, 0.25) is 0 Å². The van der Waals surface area contributed by atoms with Gasteiger partial charge in [0, 0.05) is 13.2 Å². The number of ether oxygens (including phenoxy) is 2. The summed E-state index contributed by atoms with van der Waals surface area (Å²) in [4.78, 5) is 22.3. The number of para-hydroxylation sites is 2. The predicted octanol–water partition coefficient (Wildman–Crippen LogP) is 4.49. The number of carbonyl (C=O) groups is 1. The van der Waals surface area contributed by atoms with E-state index < -0.39 is 0 Å². The number of benzene rings is 2. The Balaban J connectivity index is 1.81. The highest BCUT2D eigenvalue weighted by atomic mass is 32.1. The summed E-state index contributed by atoms with van der Waals surface area (Å²) in [5.74, 6) is 0.451. The summed E-state index contributed by atoms with van der Waals surface area (Å²) in [5, 5.41) is 0.394. The van der Waals surface area contributed by atoms with Crippen LogP contribution in [0, 0.1) is 0 Å². The number of carbonyl (C=O) groups excluding carboxylic acids is 1. The molecule has 0 atom stereocenters. The molecule has 0 unspecified atom stereocenters. The van der Waals surface area contributed by atoms with Gasteiger partial charge in [-0.05, 0) is 38.1 Å². The summed E-state index contributed by atoms with van der Waals surface area (Å²) < 4.78 is 15.4. The Bertz CT molecular complexity index is 1190. The van der Waals surface area contributed by atoms with Gasteiger partial charge in [0.15, 0.2) is 9.81 Å². The SMILES string of the molecule is CCOCCn1c(=NC(=O)c2nc3ccccc3s2)sc2cccc(OCC)c21. The Morgan fingerprint density at radius 3 is 2.69 bits per heavy atom. The highest BCUT2D eigenvalue weighted by Crippen LogP contribution is 2.28. The second-order valence-corrected chi connectivity index (χ2v) is 8.21. The lowest BCUT2D eigenvalue weighted by Gasteiger charge is -2.09. The highest BCUT2D eigenvalue weighted by Gasteiger charge is 2.15. The van der Waals surface area contributed by atoms with Crippen molar-refractivity contribution >= 4 is 49.0 Å². The Morgan fingerprint density at radius 1 is 1.07 bits per heavy atom. The zero-order valence-electron chi connectivity index (χ0n) is 16.3. The topological polar surface area (TPSA) is 65.7 Å². The second-order valence-electron chi connectivity index (χ2n) is 6.17. The van der Waals surface area contributed by atoms with Crippen molar-refractivity contribution < 1.29 is 14.3 Å². The molecule has 4 aromatic rings. The molecule has 0 spiro atoms. The number of rotatable bonds is 7. The van der Waals surface area contributed by atoms with Crippen molar-refractivity contribution in [2.75, 3.05) is 19.8 Å². The van der Waals surface area contributed by atoms with Gasteiger partial charge < -0.3 is 14.0 Å². The van der Waals surface area contributed by atoms with Gasteiger partial charge in [-0.15, -0.1) is 11.3 Å². The molecule has 0 saturated carbocycles. The smallest absolute Gasteiger partial charge is 0.308 e. The fourth-order valence-corrected chi connectivity index (χ4v) is 4.98. The van der Waals surface area contributed by atoms with Crippen molar-refractivity contribution in [3.8, 4) is 5.75 Å². The molecule has 8 heteroatoms. The average molecular weight is 428 g/mol. The first-order valence-corrected chi connectivity index (χ1v) is 11.1. The molecular formula is C21H21N3O3S2. The summed E-state index contributed by atoms with van der Waals surface area (Å²) >= 11 is 2.83. The first-order chi connectivity index (χ1) is 14.2. The summed E-state index contributed by atoms with van der Waals surface area (Å²) in [6, 6.07) is 13.6. The van der Waals surface area contributed by atoms with Gasteiger partial charge in [0.1, 0.15) is 11.3 Å². The van der Waals surface area contributed by atoms with Crippen LogP contribution >= 0.6 is 22.7 Å². The van der Waals surface area contributed by atoms with E-state index in [1.54, 1.807) is 0 Å². The molecule has 4 rings (SSSR count). The molecule has 0 aliphatic rings. The van der Waals surface area contributed by atoms with Crippen LogP contribution in [0.1, 0.15) is 23.6 Å². The Kier molecular flexibility index (Phi) is 6.03. The molecule has 2 aromatic heterocycles. The summed E-state index contributed by atoms with van der Waals surface area (Å²) in [5.41, 5.74) is 1.75. The van der Waals surface area contributed by atoms with Crippen molar-refractivity contribution in [1.29, 1.82) is 0 Å². The monoisotopic (exact) mass is 427 g/mol. The van der Waals surface area contributed by atoms with Crippen LogP contribution in [0.5, 0.6) is 5.75 Å². The molecule has 29 heavy (non-hydrogen) atoms. The number of nitrogens with zero attached hydrogens (tertiary/aromatic N) is 3. The number of amides is 1. The molecule has 0 bridgehead atoms. The maximum Gasteiger partial charge on any atom is 0.308 e. The largest absolute Gasteiger partial charge is 0.492 e. The van der Waals surface area contributed by atoms with Crippen LogP contribution < -0.4 is 9.54 Å². The van der Waals surface area contributed by atoms with E-state index in [1.165, 1.54) is 22.7 Å². The van der Waals surface area contributed by atoms with E-state index in [9.17, 15) is 4.79 Å². The number of hydrogen-bond donors (Lipinski definition) is 0. The van der Waals surface area contributed by atoms with Crippen molar-refractivity contribution in [2.45, 2.75) is 20.4 Å². The molecule has 0 fully saturated rings. The lowest BCUT2D eigenvalue weighted by molar-refractivity contribution is 0.0996. The summed E-state index contributed by atoms with van der Waals surface area (Å²) in [7, 11) is 0. The maximum atomic E-state index is 12.9. The third kappa shape index (κ3) is 4.10. The number of hydrogen-bond acceptors (Lipinski definition) is 6. The van der Waals surface area contributed by atoms with Crippen LogP contribution in [-0.2, 0) is 11.3 Å². The normalized spacial score (nSPS) is 12.1. The van der Waals surface area contributed by atoms with Gasteiger partial charge in [0.25, 0.3) is 0 Å². The third-order valence-electron chi connectivity index (χ3n) is 4.30. The summed E-state index contributed by atoms with van der Waals surface area (Å²) in [6.45, 7) is 6.24. The van der Waals surface area contributed by atoms with Crippen LogP contribution in [-0.4, -0.2) is 35.3 Å². The zero-order valence-corrected chi connectivity index (χ0v) is 17.9. The maximum absolute atomic E-state index is 12.9. The highest BCUT2D eigenvalue weighted by molar-refractivity contribution is 7.20. The fourth-order valence-electron chi connectivity index (χ4n) is 3.06. The van der Waals surface area contributed by atoms with Crippen LogP contribution in [0.3, 0.4) is 0 Å². The number of thiazole rings is 2. The van der Waals surface area contributed by atoms with Gasteiger partial charge >= 0.3 is 5.91 Å². The van der Waals surface area contributed by atoms with Gasteiger partial charge in [0.05, 0.1) is 28.1 Å². The van der Waals surface area contributed by atoms with E-state index in [0.717, 1.165) is 26.2 Å². The molecule has 0 radical (unpaired) electrons. The molecule has 0 aliphatic heterocycles. The Morgan fingerprint density at radius 2 is 1.90 bits per heavy atom. The minimum absolute atomic E-state index is 0.333. The summed E-state index contributed by atoms with van der Waals surface area (Å²) in [6.07, 6.45) is 0. The lowest BCUT2D eigenvalue weighted by atomic mass is 10.3. The van der Waals surface area contributed by atoms with Gasteiger partial charge in [-0.25, -0.2) is 4.98 Å². The van der Waals surface area contributed by atoms with Gasteiger partial charge in [-0.2, -0.15) is 4.99 Å². The van der Waals surface area contributed by atoms with Crippen LogP contribution in [0.4, 0.5) is 0 Å². The molecule has 0 N–H and O–H groups in total. The third-order valence-corrected chi connectivity index (χ3v) is 6.37.